The Morgan fingerprint density at radius 1 is 1.13 bits per heavy atom. The summed E-state index contributed by atoms with van der Waals surface area (Å²) in [6, 6.07) is 16.3. The summed E-state index contributed by atoms with van der Waals surface area (Å²) in [7, 11) is 1.35. The highest BCUT2D eigenvalue weighted by Crippen LogP contribution is 2.32. The number of rotatable bonds is 8. The van der Waals surface area contributed by atoms with E-state index in [1.807, 2.05) is 37.3 Å². The fraction of sp³-hybridized carbons (Fsp3) is 0.250. The van der Waals surface area contributed by atoms with E-state index in [-0.39, 0.29) is 6.61 Å². The van der Waals surface area contributed by atoms with Crippen LogP contribution >= 0.6 is 0 Å². The van der Waals surface area contributed by atoms with Gasteiger partial charge < -0.3 is 19.3 Å². The molecular formula is C24H25NO5. The maximum absolute atomic E-state index is 12.2. The molecule has 2 aromatic carbocycles. The van der Waals surface area contributed by atoms with Crippen molar-refractivity contribution < 1.29 is 24.1 Å². The molecule has 6 heteroatoms. The molecular weight excluding hydrogens is 382 g/mol. The monoisotopic (exact) mass is 407 g/mol. The Morgan fingerprint density at radius 2 is 1.93 bits per heavy atom. The molecule has 0 amide bonds. The molecule has 0 fully saturated rings. The van der Waals surface area contributed by atoms with Crippen LogP contribution in [0.1, 0.15) is 40.4 Å². The summed E-state index contributed by atoms with van der Waals surface area (Å²) in [5.41, 5.74) is 4.19. The summed E-state index contributed by atoms with van der Waals surface area (Å²) in [6.45, 7) is 4.41. The third kappa shape index (κ3) is 5.03. The molecule has 0 spiro atoms. The smallest absolute Gasteiger partial charge is 0.338 e. The zero-order chi connectivity index (χ0) is 21.5. The molecule has 1 unspecified atom stereocenters. The van der Waals surface area contributed by atoms with Crippen LogP contribution in [0.2, 0.25) is 0 Å². The number of carbonyl (C=O) groups excluding carboxylic acids is 1. The number of aliphatic hydroxyl groups excluding tert-OH is 1. The zero-order valence-corrected chi connectivity index (χ0v) is 17.3. The lowest BCUT2D eigenvalue weighted by Crippen LogP contribution is -2.06. The molecule has 0 aliphatic rings. The van der Waals surface area contributed by atoms with E-state index in [0.29, 0.717) is 34.6 Å². The number of carbonyl (C=O) groups is 1. The lowest BCUT2D eigenvalue weighted by Gasteiger charge is -2.16. The van der Waals surface area contributed by atoms with Gasteiger partial charge in [0.15, 0.2) is 6.29 Å². The van der Waals surface area contributed by atoms with E-state index in [1.54, 1.807) is 37.4 Å². The number of hydrogen-bond acceptors (Lipinski definition) is 6. The molecule has 156 valence electrons. The number of ether oxygens (including phenoxy) is 3. The van der Waals surface area contributed by atoms with Crippen LogP contribution in [0.5, 0.6) is 5.75 Å². The van der Waals surface area contributed by atoms with E-state index in [0.717, 1.165) is 11.3 Å². The van der Waals surface area contributed by atoms with E-state index in [2.05, 4.69) is 4.98 Å². The lowest BCUT2D eigenvalue weighted by molar-refractivity contribution is -0.0980. The van der Waals surface area contributed by atoms with Crippen LogP contribution in [0.15, 0.2) is 60.8 Å². The van der Waals surface area contributed by atoms with Gasteiger partial charge in [-0.2, -0.15) is 0 Å². The van der Waals surface area contributed by atoms with Crippen molar-refractivity contribution in [3.8, 4) is 16.9 Å². The second-order valence-electron chi connectivity index (χ2n) is 6.69. The summed E-state index contributed by atoms with van der Waals surface area (Å²) >= 11 is 0. The first-order valence-electron chi connectivity index (χ1n) is 9.69. The molecule has 3 rings (SSSR count). The Hall–Kier alpha value is -3.22. The van der Waals surface area contributed by atoms with E-state index < -0.39 is 12.3 Å². The molecule has 1 heterocycles. The van der Waals surface area contributed by atoms with Gasteiger partial charge in [-0.05, 0) is 60.9 Å². The maximum Gasteiger partial charge on any atom is 0.338 e. The second-order valence-corrected chi connectivity index (χ2v) is 6.69. The van der Waals surface area contributed by atoms with Gasteiger partial charge in [-0.1, -0.05) is 24.3 Å². The van der Waals surface area contributed by atoms with Crippen molar-refractivity contribution in [2.24, 2.45) is 0 Å². The summed E-state index contributed by atoms with van der Waals surface area (Å²) in [5, 5.41) is 10.4. The number of benzene rings is 2. The Morgan fingerprint density at radius 3 is 2.67 bits per heavy atom. The van der Waals surface area contributed by atoms with Crippen molar-refractivity contribution in [2.75, 3.05) is 13.7 Å². The van der Waals surface area contributed by atoms with Gasteiger partial charge in [0.05, 0.1) is 18.4 Å². The molecule has 1 aromatic heterocycles. The normalized spacial score (nSPS) is 11.7. The number of methoxy groups -OCH3 is 1. The fourth-order valence-corrected chi connectivity index (χ4v) is 3.10. The summed E-state index contributed by atoms with van der Waals surface area (Å²) in [6.07, 6.45) is 0.609. The minimum absolute atomic E-state index is 0.277. The molecule has 0 aliphatic carbocycles. The highest BCUT2D eigenvalue weighted by atomic mass is 16.6. The van der Waals surface area contributed by atoms with Crippen LogP contribution in [-0.4, -0.2) is 29.8 Å². The Labute approximate surface area is 176 Å². The van der Waals surface area contributed by atoms with Crippen LogP contribution in [-0.2, 0) is 16.1 Å². The predicted octanol–water partition coefficient (Wildman–Crippen LogP) is 4.45. The molecule has 0 saturated heterocycles. The molecule has 1 atom stereocenters. The summed E-state index contributed by atoms with van der Waals surface area (Å²) < 4.78 is 16.2. The third-order valence-electron chi connectivity index (χ3n) is 4.68. The number of nitrogens with zero attached hydrogens (tertiary/aromatic N) is 1. The molecule has 0 aliphatic heterocycles. The first-order chi connectivity index (χ1) is 14.5. The van der Waals surface area contributed by atoms with E-state index in [1.165, 1.54) is 7.11 Å². The Balaban J connectivity index is 2.01. The van der Waals surface area contributed by atoms with Crippen LogP contribution in [0.25, 0.3) is 11.1 Å². The number of aromatic nitrogens is 1. The highest BCUT2D eigenvalue weighted by molar-refractivity contribution is 5.97. The number of esters is 1. The van der Waals surface area contributed by atoms with Gasteiger partial charge in [0.25, 0.3) is 0 Å². The molecule has 0 saturated carbocycles. The van der Waals surface area contributed by atoms with Crippen LogP contribution in [0, 0.1) is 6.92 Å². The first-order valence-corrected chi connectivity index (χ1v) is 9.69. The van der Waals surface area contributed by atoms with Crippen LogP contribution < -0.4 is 4.74 Å². The Bertz CT molecular complexity index is 1020. The summed E-state index contributed by atoms with van der Waals surface area (Å²) in [5.74, 6) is 0.0962. The first kappa shape index (κ1) is 21.5. The Kier molecular flexibility index (Phi) is 7.17. The lowest BCUT2D eigenvalue weighted by atomic mass is 9.97. The van der Waals surface area contributed by atoms with Crippen molar-refractivity contribution in [3.05, 3.63) is 83.2 Å². The van der Waals surface area contributed by atoms with Crippen molar-refractivity contribution in [3.63, 3.8) is 0 Å². The van der Waals surface area contributed by atoms with Gasteiger partial charge in [0, 0.05) is 18.4 Å². The quantitative estimate of drug-likeness (QED) is 0.439. The largest absolute Gasteiger partial charge is 0.487 e. The second kappa shape index (κ2) is 10.0. The van der Waals surface area contributed by atoms with Crippen molar-refractivity contribution in [2.45, 2.75) is 26.7 Å². The molecule has 3 aromatic rings. The van der Waals surface area contributed by atoms with Gasteiger partial charge in [-0.15, -0.1) is 0 Å². The molecule has 1 N–H and O–H groups in total. The number of pyridine rings is 1. The molecule has 0 radical (unpaired) electrons. The predicted molar refractivity (Wildman–Crippen MR) is 113 cm³/mol. The van der Waals surface area contributed by atoms with Crippen LogP contribution in [0.4, 0.5) is 0 Å². The van der Waals surface area contributed by atoms with Gasteiger partial charge in [0.1, 0.15) is 12.4 Å². The molecule has 30 heavy (non-hydrogen) atoms. The third-order valence-corrected chi connectivity index (χ3v) is 4.68. The van der Waals surface area contributed by atoms with Crippen LogP contribution in [0.3, 0.4) is 0 Å². The van der Waals surface area contributed by atoms with Crippen molar-refractivity contribution in [1.29, 1.82) is 0 Å². The number of aryl methyl sites for hydroxylation is 1. The van der Waals surface area contributed by atoms with E-state index >= 15 is 0 Å². The fourth-order valence-electron chi connectivity index (χ4n) is 3.10. The average molecular weight is 407 g/mol. The standard InChI is InChI=1S/C24H25NO5/c1-4-29-23(26)18-12-17(20-9-5-6-10-21(20)24(27)28-3)13-19(14-18)30-15-22-16(2)8-7-11-25-22/h5-14,23,26H,4,15H2,1-3H3. The van der Waals surface area contributed by atoms with E-state index in [4.69, 9.17) is 14.2 Å². The van der Waals surface area contributed by atoms with E-state index in [9.17, 15) is 9.90 Å². The average Bonchev–Trinajstić information content (AvgIpc) is 2.78. The maximum atomic E-state index is 12.2. The van der Waals surface area contributed by atoms with Gasteiger partial charge in [-0.25, -0.2) is 4.79 Å². The topological polar surface area (TPSA) is 77.9 Å². The number of hydrogen-bond donors (Lipinski definition) is 1. The van der Waals surface area contributed by atoms with Crippen molar-refractivity contribution >= 4 is 5.97 Å². The van der Waals surface area contributed by atoms with Crippen molar-refractivity contribution in [1.82, 2.24) is 4.98 Å². The minimum atomic E-state index is -1.11. The highest BCUT2D eigenvalue weighted by Gasteiger charge is 2.17. The minimum Gasteiger partial charge on any atom is -0.487 e. The number of aliphatic hydroxyl groups is 1. The summed E-state index contributed by atoms with van der Waals surface area (Å²) in [4.78, 5) is 16.6. The van der Waals surface area contributed by atoms with Gasteiger partial charge in [-0.3, -0.25) is 4.98 Å². The van der Waals surface area contributed by atoms with Gasteiger partial charge >= 0.3 is 5.97 Å². The SMILES string of the molecule is CCOC(O)c1cc(OCc2ncccc2C)cc(-c2ccccc2C(=O)OC)c1. The molecule has 0 bridgehead atoms. The molecule has 6 nitrogen and oxygen atoms in total. The van der Waals surface area contributed by atoms with Gasteiger partial charge in [0.2, 0.25) is 0 Å². The zero-order valence-electron chi connectivity index (χ0n) is 17.3.